The van der Waals surface area contributed by atoms with Crippen molar-refractivity contribution < 1.29 is 9.59 Å². The van der Waals surface area contributed by atoms with Crippen molar-refractivity contribution in [1.29, 1.82) is 0 Å². The highest BCUT2D eigenvalue weighted by Crippen LogP contribution is 2.23. The summed E-state index contributed by atoms with van der Waals surface area (Å²) < 4.78 is 0. The highest BCUT2D eigenvalue weighted by atomic mass is 32.1. The number of amides is 2. The fourth-order valence-corrected chi connectivity index (χ4v) is 4.64. The van der Waals surface area contributed by atoms with Gasteiger partial charge in [-0.25, -0.2) is 0 Å². The van der Waals surface area contributed by atoms with Gasteiger partial charge in [0.25, 0.3) is 5.91 Å². The van der Waals surface area contributed by atoms with Crippen molar-refractivity contribution in [3.8, 4) is 0 Å². The third-order valence-electron chi connectivity index (χ3n) is 5.39. The third-order valence-corrected chi connectivity index (χ3v) is 6.24. The molecule has 1 aliphatic heterocycles. The number of fused-ring (bicyclic) bond motifs is 1. The van der Waals surface area contributed by atoms with E-state index in [9.17, 15) is 9.59 Å². The highest BCUT2D eigenvalue weighted by Gasteiger charge is 2.23. The number of carbonyl (C=O) groups excluding carboxylic acids is 2. The Morgan fingerprint density at radius 1 is 0.923 bits per heavy atom. The van der Waals surface area contributed by atoms with Crippen LogP contribution < -0.4 is 0 Å². The van der Waals surface area contributed by atoms with Crippen LogP contribution in [0.4, 0.5) is 0 Å². The normalized spacial score (nSPS) is 17.1. The summed E-state index contributed by atoms with van der Waals surface area (Å²) in [6.45, 7) is 2.70. The van der Waals surface area contributed by atoms with Gasteiger partial charge in [-0.05, 0) is 53.8 Å². The molecule has 0 radical (unpaired) electrons. The summed E-state index contributed by atoms with van der Waals surface area (Å²) >= 11 is 1.48. The number of hydrogen-bond donors (Lipinski definition) is 0. The topological polar surface area (TPSA) is 40.6 Å². The van der Waals surface area contributed by atoms with E-state index >= 15 is 0 Å². The van der Waals surface area contributed by atoms with E-state index < -0.39 is 0 Å². The molecule has 0 bridgehead atoms. The first-order chi connectivity index (χ1) is 12.7. The maximum absolute atomic E-state index is 12.8. The van der Waals surface area contributed by atoms with Crippen LogP contribution in [0.5, 0.6) is 0 Å². The summed E-state index contributed by atoms with van der Waals surface area (Å²) in [5, 5.41) is 1.93. The second-order valence-corrected chi connectivity index (χ2v) is 8.08. The lowest BCUT2D eigenvalue weighted by Gasteiger charge is -2.22. The molecule has 1 aromatic heterocycles. The molecule has 2 aliphatic rings. The Balaban J connectivity index is 1.36. The van der Waals surface area contributed by atoms with Crippen molar-refractivity contribution in [3.63, 3.8) is 0 Å². The van der Waals surface area contributed by atoms with Crippen LogP contribution in [0.3, 0.4) is 0 Å². The molecule has 2 heterocycles. The average Bonchev–Trinajstić information content (AvgIpc) is 3.28. The molecule has 2 amide bonds. The van der Waals surface area contributed by atoms with Crippen LogP contribution in [-0.2, 0) is 24.1 Å². The predicted octanol–water partition coefficient (Wildman–Crippen LogP) is 3.15. The first-order valence-corrected chi connectivity index (χ1v) is 10.3. The smallest absolute Gasteiger partial charge is 0.263 e. The first-order valence-electron chi connectivity index (χ1n) is 9.42. The molecule has 0 atom stereocenters. The van der Waals surface area contributed by atoms with Gasteiger partial charge in [0.05, 0.1) is 11.3 Å². The van der Waals surface area contributed by atoms with Crippen molar-refractivity contribution in [2.75, 3.05) is 26.2 Å². The minimum atomic E-state index is 0.0907. The first kappa shape index (κ1) is 17.3. The van der Waals surface area contributed by atoms with E-state index in [0.29, 0.717) is 19.5 Å². The zero-order valence-electron chi connectivity index (χ0n) is 14.9. The van der Waals surface area contributed by atoms with Gasteiger partial charge in [0.1, 0.15) is 0 Å². The number of thiophene rings is 1. The number of aryl methyl sites for hydroxylation is 2. The summed E-state index contributed by atoms with van der Waals surface area (Å²) in [5.74, 6) is 0.265. The van der Waals surface area contributed by atoms with Crippen molar-refractivity contribution >= 4 is 23.2 Å². The Bertz CT molecular complexity index is 800. The summed E-state index contributed by atoms with van der Waals surface area (Å²) in [6.07, 6.45) is 4.84. The minimum absolute atomic E-state index is 0.0907. The summed E-state index contributed by atoms with van der Waals surface area (Å²) in [4.78, 5) is 29.9. The van der Waals surface area contributed by atoms with Gasteiger partial charge in [0, 0.05) is 26.2 Å². The van der Waals surface area contributed by atoms with Gasteiger partial charge < -0.3 is 9.80 Å². The molecule has 0 spiro atoms. The van der Waals surface area contributed by atoms with Gasteiger partial charge in [-0.1, -0.05) is 24.3 Å². The molecule has 1 saturated heterocycles. The Labute approximate surface area is 158 Å². The van der Waals surface area contributed by atoms with E-state index in [4.69, 9.17) is 0 Å². The summed E-state index contributed by atoms with van der Waals surface area (Å²) in [5.41, 5.74) is 3.98. The molecule has 1 aromatic carbocycles. The molecule has 1 aliphatic carbocycles. The molecule has 0 saturated carbocycles. The average molecular weight is 369 g/mol. The van der Waals surface area contributed by atoms with Crippen LogP contribution in [0.2, 0.25) is 0 Å². The Hall–Kier alpha value is -2.14. The SMILES string of the molecule is O=C(Cc1ccc2c(c1)CCC2)N1CCCN(C(=O)c2cccs2)CC1. The van der Waals surface area contributed by atoms with E-state index in [0.717, 1.165) is 36.4 Å². The summed E-state index contributed by atoms with van der Waals surface area (Å²) in [6, 6.07) is 10.3. The summed E-state index contributed by atoms with van der Waals surface area (Å²) in [7, 11) is 0. The van der Waals surface area contributed by atoms with Crippen LogP contribution in [0, 0.1) is 0 Å². The van der Waals surface area contributed by atoms with Gasteiger partial charge in [0.15, 0.2) is 0 Å². The van der Waals surface area contributed by atoms with Crippen molar-refractivity contribution in [1.82, 2.24) is 9.80 Å². The fourth-order valence-electron chi connectivity index (χ4n) is 3.95. The van der Waals surface area contributed by atoms with Crippen molar-refractivity contribution in [3.05, 3.63) is 57.3 Å². The number of benzene rings is 1. The molecule has 2 aromatic rings. The number of carbonyl (C=O) groups is 2. The lowest BCUT2D eigenvalue weighted by molar-refractivity contribution is -0.130. The molecule has 4 rings (SSSR count). The quantitative estimate of drug-likeness (QED) is 0.835. The van der Waals surface area contributed by atoms with Gasteiger partial charge in [-0.2, -0.15) is 0 Å². The molecular formula is C21H24N2O2S. The maximum atomic E-state index is 12.8. The van der Waals surface area contributed by atoms with Gasteiger partial charge in [0.2, 0.25) is 5.91 Å². The van der Waals surface area contributed by atoms with Gasteiger partial charge in [-0.15, -0.1) is 11.3 Å². The van der Waals surface area contributed by atoms with E-state index in [1.807, 2.05) is 27.3 Å². The van der Waals surface area contributed by atoms with Crippen molar-refractivity contribution in [2.24, 2.45) is 0 Å². The number of rotatable bonds is 3. The molecule has 5 heteroatoms. The van der Waals surface area contributed by atoms with E-state index in [1.54, 1.807) is 0 Å². The molecule has 26 heavy (non-hydrogen) atoms. The molecule has 0 N–H and O–H groups in total. The van der Waals surface area contributed by atoms with E-state index in [-0.39, 0.29) is 11.8 Å². The second kappa shape index (κ2) is 7.62. The van der Waals surface area contributed by atoms with E-state index in [1.165, 1.54) is 35.3 Å². The standard InChI is InChI=1S/C21H24N2O2S/c24-20(15-16-7-8-17-4-1-5-18(17)14-16)22-9-3-10-23(12-11-22)21(25)19-6-2-13-26-19/h2,6-8,13-14H,1,3-5,9-12,15H2. The molecule has 0 unspecified atom stereocenters. The second-order valence-electron chi connectivity index (χ2n) is 7.14. The largest absolute Gasteiger partial charge is 0.341 e. The lowest BCUT2D eigenvalue weighted by Crippen LogP contribution is -2.37. The van der Waals surface area contributed by atoms with Gasteiger partial charge >= 0.3 is 0 Å². The molecular weight excluding hydrogens is 344 g/mol. The Morgan fingerprint density at radius 3 is 2.58 bits per heavy atom. The molecule has 4 nitrogen and oxygen atoms in total. The fraction of sp³-hybridized carbons (Fsp3) is 0.429. The van der Waals surface area contributed by atoms with Crippen LogP contribution in [-0.4, -0.2) is 47.8 Å². The predicted molar refractivity (Wildman–Crippen MR) is 104 cm³/mol. The third kappa shape index (κ3) is 3.68. The lowest BCUT2D eigenvalue weighted by atomic mass is 10.0. The highest BCUT2D eigenvalue weighted by molar-refractivity contribution is 7.12. The van der Waals surface area contributed by atoms with E-state index in [2.05, 4.69) is 18.2 Å². The Kier molecular flexibility index (Phi) is 5.07. The Morgan fingerprint density at radius 2 is 1.73 bits per heavy atom. The minimum Gasteiger partial charge on any atom is -0.341 e. The van der Waals surface area contributed by atoms with Crippen LogP contribution in [0.1, 0.15) is 39.2 Å². The molecule has 136 valence electrons. The van der Waals surface area contributed by atoms with Crippen LogP contribution in [0.15, 0.2) is 35.7 Å². The zero-order valence-corrected chi connectivity index (χ0v) is 15.8. The van der Waals surface area contributed by atoms with Crippen molar-refractivity contribution in [2.45, 2.75) is 32.1 Å². The zero-order chi connectivity index (χ0) is 17.9. The van der Waals surface area contributed by atoms with Crippen LogP contribution in [0.25, 0.3) is 0 Å². The number of hydrogen-bond acceptors (Lipinski definition) is 3. The monoisotopic (exact) mass is 368 g/mol. The number of nitrogens with zero attached hydrogens (tertiary/aromatic N) is 2. The van der Waals surface area contributed by atoms with Gasteiger partial charge in [-0.3, -0.25) is 9.59 Å². The maximum Gasteiger partial charge on any atom is 0.263 e. The molecule has 1 fully saturated rings. The van der Waals surface area contributed by atoms with Crippen LogP contribution >= 0.6 is 11.3 Å².